The van der Waals surface area contributed by atoms with E-state index in [1.165, 1.54) is 38.5 Å². The maximum absolute atomic E-state index is 11.8. The molecule has 4 saturated carbocycles. The molecule has 1 aliphatic heterocycles. The number of carbonyl (C=O) groups is 1. The van der Waals surface area contributed by atoms with Gasteiger partial charge in [-0.3, -0.25) is 4.79 Å². The largest absolute Gasteiger partial charge is 0.378 e. The third-order valence-electron chi connectivity index (χ3n) is 6.42. The minimum atomic E-state index is -0.798. The van der Waals surface area contributed by atoms with E-state index in [0.29, 0.717) is 6.42 Å². The van der Waals surface area contributed by atoms with Crippen LogP contribution in [0.1, 0.15) is 51.9 Å². The van der Waals surface area contributed by atoms with E-state index < -0.39 is 6.29 Å². The zero-order valence-corrected chi connectivity index (χ0v) is 15.4. The number of methoxy groups -OCH3 is 1. The maximum Gasteiger partial charge on any atom is 0.217 e. The SMILES string of the molecule is COC1CC(O)OC1C(NC(C)=O)SC12CC3CC(CC(C3)C1)C2. The second kappa shape index (κ2) is 6.45. The third-order valence-corrected chi connectivity index (χ3v) is 8.06. The molecule has 0 radical (unpaired) electrons. The summed E-state index contributed by atoms with van der Waals surface area (Å²) in [7, 11) is 1.65. The summed E-state index contributed by atoms with van der Waals surface area (Å²) < 4.78 is 11.5. The second-order valence-corrected chi connectivity index (χ2v) is 10.0. The molecule has 4 unspecified atom stereocenters. The Morgan fingerprint density at radius 3 is 2.29 bits per heavy atom. The number of rotatable bonds is 5. The number of amides is 1. The summed E-state index contributed by atoms with van der Waals surface area (Å²) in [5.74, 6) is 2.57. The van der Waals surface area contributed by atoms with E-state index in [1.54, 1.807) is 14.0 Å². The van der Waals surface area contributed by atoms with Crippen molar-refractivity contribution in [3.05, 3.63) is 0 Å². The Morgan fingerprint density at radius 2 is 1.79 bits per heavy atom. The van der Waals surface area contributed by atoms with Crippen LogP contribution in [0.5, 0.6) is 0 Å². The minimum absolute atomic E-state index is 0.0444. The van der Waals surface area contributed by atoms with Crippen LogP contribution in [0, 0.1) is 17.8 Å². The smallest absolute Gasteiger partial charge is 0.217 e. The lowest BCUT2D eigenvalue weighted by Gasteiger charge is -2.57. The molecule has 6 heteroatoms. The van der Waals surface area contributed by atoms with Gasteiger partial charge in [0.1, 0.15) is 11.5 Å². The fourth-order valence-corrected chi connectivity index (χ4v) is 8.11. The molecule has 0 aromatic rings. The van der Waals surface area contributed by atoms with E-state index in [-0.39, 0.29) is 28.2 Å². The number of carbonyl (C=O) groups excluding carboxylic acids is 1. The predicted molar refractivity (Wildman–Crippen MR) is 92.4 cm³/mol. The maximum atomic E-state index is 11.8. The molecule has 1 heterocycles. The number of aliphatic hydroxyl groups is 1. The lowest BCUT2D eigenvalue weighted by Crippen LogP contribution is -2.53. The molecule has 5 fully saturated rings. The number of hydrogen-bond donors (Lipinski definition) is 2. The summed E-state index contributed by atoms with van der Waals surface area (Å²) in [5.41, 5.74) is 0. The van der Waals surface area contributed by atoms with Gasteiger partial charge >= 0.3 is 0 Å². The molecular formula is C18H29NO4S. The van der Waals surface area contributed by atoms with Crippen molar-refractivity contribution in [3.8, 4) is 0 Å². The minimum Gasteiger partial charge on any atom is -0.378 e. The highest BCUT2D eigenvalue weighted by Crippen LogP contribution is 2.61. The lowest BCUT2D eigenvalue weighted by atomic mass is 9.56. The van der Waals surface area contributed by atoms with Crippen LogP contribution in [0.15, 0.2) is 0 Å². The number of ether oxygens (including phenoxy) is 2. The van der Waals surface area contributed by atoms with E-state index in [1.807, 2.05) is 11.8 Å². The van der Waals surface area contributed by atoms with Gasteiger partial charge in [-0.15, -0.1) is 11.8 Å². The van der Waals surface area contributed by atoms with Gasteiger partial charge in [0, 0.05) is 25.2 Å². The first kappa shape index (κ1) is 17.1. The summed E-state index contributed by atoms with van der Waals surface area (Å²) in [5, 5.41) is 12.8. The van der Waals surface area contributed by atoms with Crippen molar-refractivity contribution in [2.45, 2.75) is 80.5 Å². The molecule has 5 nitrogen and oxygen atoms in total. The van der Waals surface area contributed by atoms with E-state index in [9.17, 15) is 9.90 Å². The highest BCUT2D eigenvalue weighted by Gasteiger charge is 2.53. The fourth-order valence-electron chi connectivity index (χ4n) is 5.98. The van der Waals surface area contributed by atoms with Gasteiger partial charge in [-0.25, -0.2) is 0 Å². The van der Waals surface area contributed by atoms with Gasteiger partial charge in [-0.2, -0.15) is 0 Å². The molecule has 0 aromatic carbocycles. The van der Waals surface area contributed by atoms with Crippen LogP contribution in [0.4, 0.5) is 0 Å². The van der Waals surface area contributed by atoms with Gasteiger partial charge in [-0.05, 0) is 56.3 Å². The van der Waals surface area contributed by atoms with Gasteiger partial charge < -0.3 is 19.9 Å². The second-order valence-electron chi connectivity index (χ2n) is 8.40. The van der Waals surface area contributed by atoms with Crippen LogP contribution in [-0.2, 0) is 14.3 Å². The van der Waals surface area contributed by atoms with E-state index in [0.717, 1.165) is 17.8 Å². The number of aliphatic hydroxyl groups excluding tert-OH is 1. The Bertz CT molecular complexity index is 464. The third kappa shape index (κ3) is 3.22. The first-order valence-electron chi connectivity index (χ1n) is 9.27. The molecule has 0 spiro atoms. The summed E-state index contributed by atoms with van der Waals surface area (Å²) in [6, 6.07) is 0. The zero-order valence-electron chi connectivity index (χ0n) is 14.6. The lowest BCUT2D eigenvalue weighted by molar-refractivity contribution is -0.123. The summed E-state index contributed by atoms with van der Waals surface area (Å²) in [4.78, 5) is 11.8. The molecule has 1 amide bonds. The number of hydrogen-bond acceptors (Lipinski definition) is 5. The van der Waals surface area contributed by atoms with Crippen molar-refractivity contribution in [1.82, 2.24) is 5.32 Å². The fraction of sp³-hybridized carbons (Fsp3) is 0.944. The van der Waals surface area contributed by atoms with Gasteiger partial charge in [0.15, 0.2) is 6.29 Å². The molecule has 4 aliphatic carbocycles. The molecule has 24 heavy (non-hydrogen) atoms. The highest BCUT2D eigenvalue weighted by molar-refractivity contribution is 8.01. The molecule has 4 bridgehead atoms. The van der Waals surface area contributed by atoms with E-state index in [4.69, 9.17) is 9.47 Å². The van der Waals surface area contributed by atoms with Crippen molar-refractivity contribution in [2.75, 3.05) is 7.11 Å². The predicted octanol–water partition coefficient (Wildman–Crippen LogP) is 2.27. The Balaban J connectivity index is 1.53. The number of nitrogens with one attached hydrogen (secondary N) is 1. The summed E-state index contributed by atoms with van der Waals surface area (Å²) in [6.45, 7) is 1.56. The molecule has 136 valence electrons. The Hall–Kier alpha value is -0.300. The van der Waals surface area contributed by atoms with Gasteiger partial charge in [0.25, 0.3) is 0 Å². The molecule has 4 atom stereocenters. The van der Waals surface area contributed by atoms with Crippen molar-refractivity contribution < 1.29 is 19.4 Å². The molecule has 1 saturated heterocycles. The standard InChI is InChI=1S/C18H29NO4S/c1-10(20)19-17(16-14(22-2)6-15(21)23-16)24-18-7-11-3-12(8-18)5-13(4-11)9-18/h11-17,21H,3-9H2,1-2H3,(H,19,20). The van der Waals surface area contributed by atoms with Crippen molar-refractivity contribution >= 4 is 17.7 Å². The summed E-state index contributed by atoms with van der Waals surface area (Å²) in [6.07, 6.45) is 7.25. The molecule has 0 aromatic heterocycles. The van der Waals surface area contributed by atoms with E-state index >= 15 is 0 Å². The Kier molecular flexibility index (Phi) is 4.61. The van der Waals surface area contributed by atoms with Crippen LogP contribution in [0.25, 0.3) is 0 Å². The first-order valence-corrected chi connectivity index (χ1v) is 10.2. The normalized spacial score (nSPS) is 47.8. The quantitative estimate of drug-likeness (QED) is 0.741. The van der Waals surface area contributed by atoms with Crippen LogP contribution in [0.3, 0.4) is 0 Å². The van der Waals surface area contributed by atoms with Crippen molar-refractivity contribution in [3.63, 3.8) is 0 Å². The van der Waals surface area contributed by atoms with E-state index in [2.05, 4.69) is 5.32 Å². The molecule has 5 aliphatic rings. The first-order chi connectivity index (χ1) is 11.5. The van der Waals surface area contributed by atoms with Crippen molar-refractivity contribution in [1.29, 1.82) is 0 Å². The molecular weight excluding hydrogens is 326 g/mol. The number of thioether (sulfide) groups is 1. The molecule has 5 rings (SSSR count). The topological polar surface area (TPSA) is 67.8 Å². The van der Waals surface area contributed by atoms with Gasteiger partial charge in [0.2, 0.25) is 5.91 Å². The van der Waals surface area contributed by atoms with Crippen LogP contribution < -0.4 is 5.32 Å². The average molecular weight is 356 g/mol. The molecule has 2 N–H and O–H groups in total. The van der Waals surface area contributed by atoms with Crippen LogP contribution >= 0.6 is 11.8 Å². The highest BCUT2D eigenvalue weighted by atomic mass is 32.2. The van der Waals surface area contributed by atoms with Crippen LogP contribution in [-0.4, -0.2) is 46.7 Å². The van der Waals surface area contributed by atoms with Gasteiger partial charge in [0.05, 0.1) is 6.10 Å². The zero-order chi connectivity index (χ0) is 16.9. The van der Waals surface area contributed by atoms with Gasteiger partial charge in [-0.1, -0.05) is 0 Å². The Morgan fingerprint density at radius 1 is 1.21 bits per heavy atom. The summed E-state index contributed by atoms with van der Waals surface area (Å²) >= 11 is 1.90. The monoisotopic (exact) mass is 355 g/mol. The average Bonchev–Trinajstić information content (AvgIpc) is 2.85. The Labute approximate surface area is 148 Å². The van der Waals surface area contributed by atoms with Crippen molar-refractivity contribution in [2.24, 2.45) is 17.8 Å². The van der Waals surface area contributed by atoms with Crippen LogP contribution in [0.2, 0.25) is 0 Å².